The van der Waals surface area contributed by atoms with Crippen LogP contribution in [0.3, 0.4) is 0 Å². The van der Waals surface area contributed by atoms with E-state index in [0.717, 1.165) is 12.6 Å². The molecule has 1 rings (SSSR count). The summed E-state index contributed by atoms with van der Waals surface area (Å²) in [4.78, 5) is 22.1. The molecule has 0 saturated heterocycles. The molecule has 0 aliphatic heterocycles. The molecule has 0 saturated carbocycles. The molecule has 0 aliphatic rings. The summed E-state index contributed by atoms with van der Waals surface area (Å²) in [5.41, 5.74) is 1.17. The van der Waals surface area contributed by atoms with E-state index in [9.17, 15) is 9.59 Å². The van der Waals surface area contributed by atoms with Crippen LogP contribution in [0.1, 0.15) is 5.56 Å². The number of carbonyl (C=O) groups excluding carboxylic acids is 2. The minimum atomic E-state index is -0.746. The Kier molecular flexibility index (Phi) is 5.45. The van der Waals surface area contributed by atoms with Gasteiger partial charge in [-0.3, -0.25) is 4.79 Å². The van der Waals surface area contributed by atoms with Gasteiger partial charge in [0.05, 0.1) is 14.1 Å². The monoisotopic (exact) mass is 262 g/mol. The molecule has 4 nitrogen and oxygen atoms in total. The first-order valence-corrected chi connectivity index (χ1v) is 6.11. The maximum atomic E-state index is 11.1. The van der Waals surface area contributed by atoms with Gasteiger partial charge in [0.2, 0.25) is 6.10 Å². The van der Waals surface area contributed by atoms with Gasteiger partial charge >= 0.3 is 5.97 Å². The number of esters is 1. The van der Waals surface area contributed by atoms with Crippen molar-refractivity contribution in [3.63, 3.8) is 0 Å². The van der Waals surface area contributed by atoms with Gasteiger partial charge in [0.1, 0.15) is 13.1 Å². The van der Waals surface area contributed by atoms with E-state index < -0.39 is 12.1 Å². The van der Waals surface area contributed by atoms with Gasteiger partial charge in [-0.2, -0.15) is 0 Å². The number of ether oxygens (including phenoxy) is 1. The van der Waals surface area contributed by atoms with Gasteiger partial charge in [-0.1, -0.05) is 36.9 Å². The number of rotatable bonds is 7. The van der Waals surface area contributed by atoms with E-state index in [-0.39, 0.29) is 0 Å². The third kappa shape index (κ3) is 5.48. The molecule has 0 N–H and O–H groups in total. The van der Waals surface area contributed by atoms with Gasteiger partial charge in [-0.15, -0.1) is 0 Å². The Labute approximate surface area is 113 Å². The molecule has 102 valence electrons. The van der Waals surface area contributed by atoms with Crippen molar-refractivity contribution in [3.8, 4) is 0 Å². The first-order chi connectivity index (χ1) is 8.96. The quantitative estimate of drug-likeness (QED) is 0.324. The Morgan fingerprint density at radius 1 is 1.37 bits per heavy atom. The van der Waals surface area contributed by atoms with E-state index in [1.165, 1.54) is 5.56 Å². The molecule has 0 bridgehead atoms. The molecule has 0 aromatic heterocycles. The molecule has 4 heteroatoms. The van der Waals surface area contributed by atoms with Crippen molar-refractivity contribution in [1.82, 2.24) is 0 Å². The highest BCUT2D eigenvalue weighted by Gasteiger charge is 2.24. The fraction of sp³-hybridized carbons (Fsp3) is 0.333. The summed E-state index contributed by atoms with van der Waals surface area (Å²) in [5.74, 6) is -0.572. The standard InChI is InChI=1S/C15H20NO3/c1-4-15(18)19-14(12-17)11-16(2,3)10-13-8-6-5-7-9-13/h4-9,12,14H,1,10-11H2,2-3H3/q+1. The Balaban J connectivity index is 2.63. The van der Waals surface area contributed by atoms with Crippen LogP contribution in [0.25, 0.3) is 0 Å². The minimum Gasteiger partial charge on any atom is -0.445 e. The minimum absolute atomic E-state index is 0.429. The van der Waals surface area contributed by atoms with E-state index in [2.05, 4.69) is 6.58 Å². The zero-order chi connectivity index (χ0) is 14.3. The molecule has 1 aromatic carbocycles. The van der Waals surface area contributed by atoms with Gasteiger partial charge in [0, 0.05) is 11.6 Å². The second-order valence-electron chi connectivity index (χ2n) is 5.08. The summed E-state index contributed by atoms with van der Waals surface area (Å²) in [7, 11) is 3.98. The van der Waals surface area contributed by atoms with Crippen LogP contribution in [0.15, 0.2) is 43.0 Å². The number of carbonyl (C=O) groups is 2. The first-order valence-electron chi connectivity index (χ1n) is 6.11. The summed E-state index contributed by atoms with van der Waals surface area (Å²) >= 11 is 0. The van der Waals surface area contributed by atoms with Crippen LogP contribution in [0.5, 0.6) is 0 Å². The highest BCUT2D eigenvalue weighted by atomic mass is 16.5. The molecule has 0 spiro atoms. The van der Waals surface area contributed by atoms with Crippen molar-refractivity contribution in [3.05, 3.63) is 48.6 Å². The van der Waals surface area contributed by atoms with Crippen molar-refractivity contribution >= 4 is 12.3 Å². The molecule has 0 amide bonds. The van der Waals surface area contributed by atoms with Crippen LogP contribution in [-0.4, -0.2) is 43.5 Å². The number of hydrogen-bond acceptors (Lipinski definition) is 3. The largest absolute Gasteiger partial charge is 0.445 e. The number of quaternary nitrogens is 1. The smallest absolute Gasteiger partial charge is 0.331 e. The number of nitrogens with zero attached hydrogens (tertiary/aromatic N) is 1. The number of aldehydes is 1. The summed E-state index contributed by atoms with van der Waals surface area (Å²) in [6.45, 7) is 4.51. The van der Waals surface area contributed by atoms with Gasteiger partial charge in [-0.25, -0.2) is 4.79 Å². The molecule has 1 aromatic rings. The molecule has 1 atom stereocenters. The molecular weight excluding hydrogens is 242 g/mol. The Hall–Kier alpha value is -1.94. The predicted molar refractivity (Wildman–Crippen MR) is 73.3 cm³/mol. The lowest BCUT2D eigenvalue weighted by atomic mass is 10.2. The number of benzene rings is 1. The summed E-state index contributed by atoms with van der Waals surface area (Å²) in [6.07, 6.45) is 0.976. The fourth-order valence-electron chi connectivity index (χ4n) is 1.93. The van der Waals surface area contributed by atoms with Crippen molar-refractivity contribution in [1.29, 1.82) is 0 Å². The van der Waals surface area contributed by atoms with E-state index >= 15 is 0 Å². The average molecular weight is 262 g/mol. The SMILES string of the molecule is C=CC(=O)OC(C=O)C[N+](C)(C)Cc1ccccc1. The lowest BCUT2D eigenvalue weighted by molar-refractivity contribution is -0.905. The van der Waals surface area contributed by atoms with Gasteiger partial charge in [-0.05, 0) is 0 Å². The number of hydrogen-bond donors (Lipinski definition) is 0. The second-order valence-corrected chi connectivity index (χ2v) is 5.08. The normalized spacial score (nSPS) is 12.5. The first kappa shape index (κ1) is 15.1. The van der Waals surface area contributed by atoms with Crippen LogP contribution in [0, 0.1) is 0 Å². The summed E-state index contributed by atoms with van der Waals surface area (Å²) in [5, 5.41) is 0. The average Bonchev–Trinajstić information content (AvgIpc) is 2.38. The molecule has 0 fully saturated rings. The molecule has 0 heterocycles. The van der Waals surface area contributed by atoms with Gasteiger partial charge in [0.15, 0.2) is 6.29 Å². The van der Waals surface area contributed by atoms with E-state index in [1.54, 1.807) is 0 Å². The van der Waals surface area contributed by atoms with E-state index in [0.29, 0.717) is 17.3 Å². The summed E-state index contributed by atoms with van der Waals surface area (Å²) in [6, 6.07) is 9.98. The zero-order valence-electron chi connectivity index (χ0n) is 11.4. The van der Waals surface area contributed by atoms with Gasteiger partial charge in [0.25, 0.3) is 0 Å². The van der Waals surface area contributed by atoms with E-state index in [4.69, 9.17) is 4.74 Å². The second kappa shape index (κ2) is 6.85. The Bertz CT molecular complexity index is 440. The molecule has 0 aliphatic carbocycles. The zero-order valence-corrected chi connectivity index (χ0v) is 11.4. The molecular formula is C15H20NO3+. The molecule has 19 heavy (non-hydrogen) atoms. The lowest BCUT2D eigenvalue weighted by Crippen LogP contribution is -2.46. The van der Waals surface area contributed by atoms with Crippen LogP contribution in [0.4, 0.5) is 0 Å². The highest BCUT2D eigenvalue weighted by molar-refractivity contribution is 5.82. The van der Waals surface area contributed by atoms with Crippen molar-refractivity contribution in [2.45, 2.75) is 12.6 Å². The van der Waals surface area contributed by atoms with Crippen molar-refractivity contribution in [2.24, 2.45) is 0 Å². The predicted octanol–water partition coefficient (Wildman–Crippen LogP) is 1.56. The van der Waals surface area contributed by atoms with Gasteiger partial charge < -0.3 is 9.22 Å². The fourth-order valence-corrected chi connectivity index (χ4v) is 1.93. The Morgan fingerprint density at radius 2 is 2.00 bits per heavy atom. The molecule has 0 radical (unpaired) electrons. The maximum absolute atomic E-state index is 11.1. The number of likely N-dealkylation sites (N-methyl/N-ethyl adjacent to an activating group) is 1. The van der Waals surface area contributed by atoms with Crippen LogP contribution in [-0.2, 0) is 20.9 Å². The van der Waals surface area contributed by atoms with Crippen LogP contribution >= 0.6 is 0 Å². The van der Waals surface area contributed by atoms with E-state index in [1.807, 2.05) is 44.4 Å². The highest BCUT2D eigenvalue weighted by Crippen LogP contribution is 2.10. The summed E-state index contributed by atoms with van der Waals surface area (Å²) < 4.78 is 5.54. The lowest BCUT2D eigenvalue weighted by Gasteiger charge is -2.31. The topological polar surface area (TPSA) is 43.4 Å². The van der Waals surface area contributed by atoms with Crippen LogP contribution in [0.2, 0.25) is 0 Å². The van der Waals surface area contributed by atoms with Crippen molar-refractivity contribution in [2.75, 3.05) is 20.6 Å². The maximum Gasteiger partial charge on any atom is 0.331 e. The third-order valence-electron chi connectivity index (χ3n) is 2.71. The Morgan fingerprint density at radius 3 is 2.53 bits per heavy atom. The third-order valence-corrected chi connectivity index (χ3v) is 2.71. The molecule has 1 unspecified atom stereocenters. The van der Waals surface area contributed by atoms with Crippen LogP contribution < -0.4 is 0 Å². The van der Waals surface area contributed by atoms with Crippen molar-refractivity contribution < 1.29 is 18.8 Å².